The summed E-state index contributed by atoms with van der Waals surface area (Å²) in [5.41, 5.74) is 5.41. The Labute approximate surface area is 102 Å². The van der Waals surface area contributed by atoms with Crippen molar-refractivity contribution < 1.29 is 13.2 Å². The Morgan fingerprint density at radius 3 is 1.82 bits per heavy atom. The Balaban J connectivity index is 5.08. The van der Waals surface area contributed by atoms with Crippen molar-refractivity contribution in [2.75, 3.05) is 7.05 Å². The van der Waals surface area contributed by atoms with E-state index in [1.165, 1.54) is 11.9 Å². The Bertz CT molecular complexity index is 233. The van der Waals surface area contributed by atoms with E-state index in [0.717, 1.165) is 0 Å². The molecule has 0 aliphatic heterocycles. The SMILES string of the molecule is CCC(N)C(N(C)C(C)C(C)(C)C)C(F)(F)F. The van der Waals surface area contributed by atoms with E-state index in [0.29, 0.717) is 6.42 Å². The van der Waals surface area contributed by atoms with Crippen molar-refractivity contribution in [3.63, 3.8) is 0 Å². The summed E-state index contributed by atoms with van der Waals surface area (Å²) in [5.74, 6) is 0. The van der Waals surface area contributed by atoms with Gasteiger partial charge in [-0.3, -0.25) is 4.90 Å². The van der Waals surface area contributed by atoms with Gasteiger partial charge < -0.3 is 5.73 Å². The first kappa shape index (κ1) is 16.7. The lowest BCUT2D eigenvalue weighted by molar-refractivity contribution is -0.195. The van der Waals surface area contributed by atoms with Crippen LogP contribution in [0.25, 0.3) is 0 Å². The van der Waals surface area contributed by atoms with Crippen LogP contribution in [0, 0.1) is 5.41 Å². The number of likely N-dealkylation sites (N-methyl/N-ethyl adjacent to an activating group) is 1. The fourth-order valence-electron chi connectivity index (χ4n) is 1.85. The van der Waals surface area contributed by atoms with Crippen LogP contribution in [0.2, 0.25) is 0 Å². The zero-order valence-electron chi connectivity index (χ0n) is 11.6. The van der Waals surface area contributed by atoms with Crippen LogP contribution in [0.5, 0.6) is 0 Å². The molecule has 0 rings (SSSR count). The molecule has 0 saturated heterocycles. The lowest BCUT2D eigenvalue weighted by atomic mass is 9.85. The highest BCUT2D eigenvalue weighted by Crippen LogP contribution is 2.32. The van der Waals surface area contributed by atoms with Gasteiger partial charge in [0.15, 0.2) is 0 Å². The molecule has 5 heteroatoms. The Morgan fingerprint density at radius 2 is 1.59 bits per heavy atom. The first-order chi connectivity index (χ1) is 7.42. The van der Waals surface area contributed by atoms with Crippen LogP contribution in [-0.4, -0.2) is 36.2 Å². The van der Waals surface area contributed by atoms with Crippen molar-refractivity contribution in [1.82, 2.24) is 4.90 Å². The number of hydrogen-bond acceptors (Lipinski definition) is 2. The summed E-state index contributed by atoms with van der Waals surface area (Å²) in [7, 11) is 1.50. The summed E-state index contributed by atoms with van der Waals surface area (Å²) >= 11 is 0. The second-order valence-corrected chi connectivity index (χ2v) is 5.77. The average Bonchev–Trinajstić information content (AvgIpc) is 2.12. The number of nitrogens with zero attached hydrogens (tertiary/aromatic N) is 1. The van der Waals surface area contributed by atoms with Crippen molar-refractivity contribution >= 4 is 0 Å². The predicted octanol–water partition coefficient (Wildman–Crippen LogP) is 3.02. The molecule has 2 nitrogen and oxygen atoms in total. The number of hydrogen-bond donors (Lipinski definition) is 1. The summed E-state index contributed by atoms with van der Waals surface area (Å²) in [5, 5.41) is 0. The molecule has 0 aromatic rings. The highest BCUT2D eigenvalue weighted by atomic mass is 19.4. The molecule has 0 amide bonds. The van der Waals surface area contributed by atoms with E-state index in [4.69, 9.17) is 5.73 Å². The van der Waals surface area contributed by atoms with Crippen molar-refractivity contribution in [1.29, 1.82) is 0 Å². The van der Waals surface area contributed by atoms with Gasteiger partial charge in [-0.1, -0.05) is 27.7 Å². The van der Waals surface area contributed by atoms with Crippen LogP contribution >= 0.6 is 0 Å². The summed E-state index contributed by atoms with van der Waals surface area (Å²) in [6.45, 7) is 9.28. The summed E-state index contributed by atoms with van der Waals surface area (Å²) in [4.78, 5) is 1.36. The van der Waals surface area contributed by atoms with E-state index >= 15 is 0 Å². The van der Waals surface area contributed by atoms with E-state index in [1.807, 2.05) is 20.8 Å². The molecule has 3 unspecified atom stereocenters. The van der Waals surface area contributed by atoms with Crippen LogP contribution in [0.15, 0.2) is 0 Å². The molecule has 3 atom stereocenters. The van der Waals surface area contributed by atoms with Crippen LogP contribution in [0.4, 0.5) is 13.2 Å². The highest BCUT2D eigenvalue weighted by molar-refractivity contribution is 4.91. The third-order valence-electron chi connectivity index (χ3n) is 3.52. The normalized spacial score (nSPS) is 19.2. The smallest absolute Gasteiger partial charge is 0.326 e. The van der Waals surface area contributed by atoms with Gasteiger partial charge in [0.2, 0.25) is 0 Å². The van der Waals surface area contributed by atoms with E-state index in [1.54, 1.807) is 13.8 Å². The number of rotatable bonds is 4. The Morgan fingerprint density at radius 1 is 1.18 bits per heavy atom. The molecule has 0 fully saturated rings. The molecule has 0 aromatic heterocycles. The second kappa shape index (κ2) is 5.57. The van der Waals surface area contributed by atoms with Crippen LogP contribution in [0.3, 0.4) is 0 Å². The highest BCUT2D eigenvalue weighted by Gasteiger charge is 2.47. The minimum absolute atomic E-state index is 0.202. The predicted molar refractivity (Wildman–Crippen MR) is 64.8 cm³/mol. The topological polar surface area (TPSA) is 29.3 Å². The zero-order chi connectivity index (χ0) is 14.0. The summed E-state index contributed by atoms with van der Waals surface area (Å²) < 4.78 is 39.1. The Kier molecular flexibility index (Phi) is 5.47. The summed E-state index contributed by atoms with van der Waals surface area (Å²) in [6.07, 6.45) is -3.98. The molecule has 0 aromatic carbocycles. The number of alkyl halides is 3. The quantitative estimate of drug-likeness (QED) is 0.835. The van der Waals surface area contributed by atoms with Gasteiger partial charge >= 0.3 is 6.18 Å². The molecule has 0 spiro atoms. The van der Waals surface area contributed by atoms with Crippen LogP contribution in [-0.2, 0) is 0 Å². The van der Waals surface area contributed by atoms with E-state index in [2.05, 4.69) is 0 Å². The Hall–Kier alpha value is -0.290. The fourth-order valence-corrected chi connectivity index (χ4v) is 1.85. The standard InChI is InChI=1S/C12H25F3N2/c1-7-9(16)10(12(13,14)15)17(6)8(2)11(3,4)5/h8-10H,7,16H2,1-6H3. The van der Waals surface area contributed by atoms with Gasteiger partial charge in [0.05, 0.1) is 0 Å². The lowest BCUT2D eigenvalue weighted by Gasteiger charge is -2.42. The van der Waals surface area contributed by atoms with Crippen molar-refractivity contribution in [2.24, 2.45) is 11.1 Å². The van der Waals surface area contributed by atoms with Crippen molar-refractivity contribution in [2.45, 2.75) is 65.3 Å². The third kappa shape index (κ3) is 4.47. The van der Waals surface area contributed by atoms with Crippen LogP contribution < -0.4 is 5.73 Å². The van der Waals surface area contributed by atoms with E-state index in [9.17, 15) is 13.2 Å². The van der Waals surface area contributed by atoms with E-state index in [-0.39, 0.29) is 11.5 Å². The molecular weight excluding hydrogens is 229 g/mol. The maximum atomic E-state index is 13.0. The van der Waals surface area contributed by atoms with Crippen molar-refractivity contribution in [3.8, 4) is 0 Å². The van der Waals surface area contributed by atoms with Crippen LogP contribution in [0.1, 0.15) is 41.0 Å². The minimum Gasteiger partial charge on any atom is -0.326 e. The van der Waals surface area contributed by atoms with Gasteiger partial charge in [-0.2, -0.15) is 13.2 Å². The van der Waals surface area contributed by atoms with Gasteiger partial charge in [0.25, 0.3) is 0 Å². The van der Waals surface area contributed by atoms with Gasteiger partial charge in [0, 0.05) is 12.1 Å². The molecule has 0 heterocycles. The van der Waals surface area contributed by atoms with Gasteiger partial charge in [-0.25, -0.2) is 0 Å². The molecule has 2 N–H and O–H groups in total. The molecule has 104 valence electrons. The maximum Gasteiger partial charge on any atom is 0.405 e. The fraction of sp³-hybridized carbons (Fsp3) is 1.00. The zero-order valence-corrected chi connectivity index (χ0v) is 11.6. The van der Waals surface area contributed by atoms with Crippen molar-refractivity contribution in [3.05, 3.63) is 0 Å². The first-order valence-corrected chi connectivity index (χ1v) is 5.97. The monoisotopic (exact) mass is 254 g/mol. The largest absolute Gasteiger partial charge is 0.405 e. The molecule has 0 saturated carbocycles. The summed E-state index contributed by atoms with van der Waals surface area (Å²) in [6, 6.07) is -2.67. The number of nitrogens with two attached hydrogens (primary N) is 1. The average molecular weight is 254 g/mol. The molecule has 17 heavy (non-hydrogen) atoms. The van der Waals surface area contributed by atoms with Gasteiger partial charge in [0.1, 0.15) is 6.04 Å². The second-order valence-electron chi connectivity index (χ2n) is 5.77. The third-order valence-corrected chi connectivity index (χ3v) is 3.52. The van der Waals surface area contributed by atoms with Gasteiger partial charge in [-0.15, -0.1) is 0 Å². The molecule has 0 radical (unpaired) electrons. The number of halogens is 3. The minimum atomic E-state index is -4.29. The van der Waals surface area contributed by atoms with E-state index < -0.39 is 18.3 Å². The lowest BCUT2D eigenvalue weighted by Crippen LogP contribution is -2.59. The molecule has 0 aliphatic carbocycles. The molecule has 0 aliphatic rings. The van der Waals surface area contributed by atoms with Gasteiger partial charge in [-0.05, 0) is 25.8 Å². The molecule has 0 bridgehead atoms. The maximum absolute atomic E-state index is 13.0. The first-order valence-electron chi connectivity index (χ1n) is 5.97. The molecular formula is C12H25F3N2.